The lowest BCUT2D eigenvalue weighted by atomic mass is 9.99. The lowest BCUT2D eigenvalue weighted by Crippen LogP contribution is -2.26. The average Bonchev–Trinajstić information content (AvgIpc) is 2.60. The fourth-order valence-corrected chi connectivity index (χ4v) is 2.22. The van der Waals surface area contributed by atoms with Crippen LogP contribution >= 0.6 is 15.9 Å². The largest absolute Gasteiger partial charge is 0.462 e. The number of carbonyl (C=O) groups is 1. The summed E-state index contributed by atoms with van der Waals surface area (Å²) in [6.45, 7) is 6.23. The molecule has 0 bridgehead atoms. The van der Waals surface area contributed by atoms with Crippen LogP contribution in [0.15, 0.2) is 0 Å². The molecule has 1 aliphatic rings. The van der Waals surface area contributed by atoms with Crippen molar-refractivity contribution in [1.29, 1.82) is 0 Å². The molecule has 1 heterocycles. The minimum Gasteiger partial charge on any atom is -0.462 e. The average molecular weight is 293 g/mol. The Balaban J connectivity index is 2.31. The van der Waals surface area contributed by atoms with Crippen LogP contribution in [0.1, 0.15) is 46.5 Å². The SMILES string of the molecule is CCC1(C)CCC(CC(C)OC(=O)CBr)O1. The van der Waals surface area contributed by atoms with Crippen LogP contribution in [0.2, 0.25) is 0 Å². The topological polar surface area (TPSA) is 35.5 Å². The number of alkyl halides is 1. The minimum absolute atomic E-state index is 0.0316. The van der Waals surface area contributed by atoms with Crippen LogP contribution in [0.3, 0.4) is 0 Å². The zero-order valence-electron chi connectivity index (χ0n) is 10.3. The minimum atomic E-state index is -0.205. The van der Waals surface area contributed by atoms with Gasteiger partial charge in [0.2, 0.25) is 0 Å². The van der Waals surface area contributed by atoms with E-state index in [-0.39, 0.29) is 29.1 Å². The molecule has 3 nitrogen and oxygen atoms in total. The van der Waals surface area contributed by atoms with E-state index in [1.54, 1.807) is 0 Å². The van der Waals surface area contributed by atoms with E-state index >= 15 is 0 Å². The van der Waals surface area contributed by atoms with E-state index < -0.39 is 0 Å². The van der Waals surface area contributed by atoms with Crippen LogP contribution in [0, 0.1) is 0 Å². The predicted molar refractivity (Wildman–Crippen MR) is 66.8 cm³/mol. The van der Waals surface area contributed by atoms with Gasteiger partial charge in [0.05, 0.1) is 11.7 Å². The van der Waals surface area contributed by atoms with Gasteiger partial charge in [0.1, 0.15) is 11.4 Å². The van der Waals surface area contributed by atoms with E-state index in [1.165, 1.54) is 0 Å². The van der Waals surface area contributed by atoms with Gasteiger partial charge in [-0.1, -0.05) is 22.9 Å². The predicted octanol–water partition coefficient (Wildman–Crippen LogP) is 3.05. The van der Waals surface area contributed by atoms with Gasteiger partial charge in [0, 0.05) is 6.42 Å². The number of hydrogen-bond acceptors (Lipinski definition) is 3. The highest BCUT2D eigenvalue weighted by molar-refractivity contribution is 9.09. The van der Waals surface area contributed by atoms with Crippen molar-refractivity contribution < 1.29 is 14.3 Å². The van der Waals surface area contributed by atoms with Gasteiger partial charge in [-0.15, -0.1) is 0 Å². The fourth-order valence-electron chi connectivity index (χ4n) is 2.09. The summed E-state index contributed by atoms with van der Waals surface area (Å²) in [4.78, 5) is 11.1. The van der Waals surface area contributed by atoms with Gasteiger partial charge in [-0.25, -0.2) is 0 Å². The smallest absolute Gasteiger partial charge is 0.316 e. The first kappa shape index (κ1) is 14.0. The zero-order chi connectivity index (χ0) is 12.2. The van der Waals surface area contributed by atoms with Crippen molar-refractivity contribution in [3.05, 3.63) is 0 Å². The first-order chi connectivity index (χ1) is 7.49. The molecule has 3 atom stereocenters. The van der Waals surface area contributed by atoms with Crippen molar-refractivity contribution in [2.75, 3.05) is 5.33 Å². The lowest BCUT2D eigenvalue weighted by Gasteiger charge is -2.24. The normalized spacial score (nSPS) is 31.4. The third-order valence-electron chi connectivity index (χ3n) is 3.23. The molecule has 0 aromatic carbocycles. The molecule has 0 radical (unpaired) electrons. The fraction of sp³-hybridized carbons (Fsp3) is 0.917. The van der Waals surface area contributed by atoms with E-state index in [0.717, 1.165) is 25.7 Å². The van der Waals surface area contributed by atoms with Crippen molar-refractivity contribution in [1.82, 2.24) is 0 Å². The Labute approximate surface area is 106 Å². The summed E-state index contributed by atoms with van der Waals surface area (Å²) in [6.07, 6.45) is 4.19. The van der Waals surface area contributed by atoms with Gasteiger partial charge in [-0.3, -0.25) is 4.79 Å². The summed E-state index contributed by atoms with van der Waals surface area (Å²) < 4.78 is 11.2. The van der Waals surface area contributed by atoms with E-state index in [9.17, 15) is 4.79 Å². The molecule has 1 fully saturated rings. The molecule has 1 saturated heterocycles. The van der Waals surface area contributed by atoms with Crippen molar-refractivity contribution in [2.24, 2.45) is 0 Å². The van der Waals surface area contributed by atoms with Crippen molar-refractivity contribution in [2.45, 2.75) is 64.3 Å². The van der Waals surface area contributed by atoms with E-state index in [2.05, 4.69) is 29.8 Å². The highest BCUT2D eigenvalue weighted by Gasteiger charge is 2.35. The molecule has 3 unspecified atom stereocenters. The summed E-state index contributed by atoms with van der Waals surface area (Å²) in [5, 5.41) is 0.259. The molecular weight excluding hydrogens is 272 g/mol. The molecular formula is C12H21BrO3. The standard InChI is InChI=1S/C12H21BrO3/c1-4-12(3)6-5-10(16-12)7-9(2)15-11(14)8-13/h9-10H,4-8H2,1-3H3. The Morgan fingerprint density at radius 3 is 2.88 bits per heavy atom. The summed E-state index contributed by atoms with van der Waals surface area (Å²) in [5.41, 5.74) is 0.0316. The van der Waals surface area contributed by atoms with Crippen LogP contribution in [0.4, 0.5) is 0 Å². The summed E-state index contributed by atoms with van der Waals surface area (Å²) in [6, 6.07) is 0. The summed E-state index contributed by atoms with van der Waals surface area (Å²) in [5.74, 6) is -0.205. The second-order valence-corrected chi connectivity index (χ2v) is 5.31. The lowest BCUT2D eigenvalue weighted by molar-refractivity contribution is -0.146. The molecule has 0 aliphatic carbocycles. The second-order valence-electron chi connectivity index (χ2n) is 4.75. The van der Waals surface area contributed by atoms with Crippen LogP contribution in [-0.4, -0.2) is 29.1 Å². The van der Waals surface area contributed by atoms with Gasteiger partial charge >= 0.3 is 5.97 Å². The highest BCUT2D eigenvalue weighted by atomic mass is 79.9. The number of halogens is 1. The highest BCUT2D eigenvalue weighted by Crippen LogP contribution is 2.34. The molecule has 0 aromatic rings. The van der Waals surface area contributed by atoms with Gasteiger partial charge in [0.25, 0.3) is 0 Å². The maximum atomic E-state index is 11.1. The van der Waals surface area contributed by atoms with Crippen LogP contribution in [0.5, 0.6) is 0 Å². The quantitative estimate of drug-likeness (QED) is 0.577. The molecule has 16 heavy (non-hydrogen) atoms. The van der Waals surface area contributed by atoms with Gasteiger partial charge in [0.15, 0.2) is 0 Å². The number of ether oxygens (including phenoxy) is 2. The number of rotatable bonds is 5. The molecule has 0 N–H and O–H groups in total. The number of carbonyl (C=O) groups excluding carboxylic acids is 1. The molecule has 0 spiro atoms. The molecule has 94 valence electrons. The maximum Gasteiger partial charge on any atom is 0.316 e. The first-order valence-corrected chi connectivity index (χ1v) is 7.04. The Bertz CT molecular complexity index is 244. The van der Waals surface area contributed by atoms with Gasteiger partial charge in [-0.05, 0) is 33.1 Å². The number of esters is 1. The van der Waals surface area contributed by atoms with E-state index in [0.29, 0.717) is 0 Å². The number of hydrogen-bond donors (Lipinski definition) is 0. The van der Waals surface area contributed by atoms with Crippen LogP contribution < -0.4 is 0 Å². The third kappa shape index (κ3) is 4.06. The molecule has 1 aliphatic heterocycles. The van der Waals surface area contributed by atoms with Crippen molar-refractivity contribution in [3.63, 3.8) is 0 Å². The summed E-state index contributed by atoms with van der Waals surface area (Å²) in [7, 11) is 0. The third-order valence-corrected chi connectivity index (χ3v) is 3.69. The van der Waals surface area contributed by atoms with Crippen molar-refractivity contribution >= 4 is 21.9 Å². The molecule has 4 heteroatoms. The second kappa shape index (κ2) is 6.01. The van der Waals surface area contributed by atoms with Crippen LogP contribution in [-0.2, 0) is 14.3 Å². The molecule has 0 amide bonds. The Morgan fingerprint density at radius 2 is 2.38 bits per heavy atom. The first-order valence-electron chi connectivity index (χ1n) is 5.92. The maximum absolute atomic E-state index is 11.1. The molecule has 0 aromatic heterocycles. The van der Waals surface area contributed by atoms with Gasteiger partial charge in [-0.2, -0.15) is 0 Å². The van der Waals surface area contributed by atoms with Crippen LogP contribution in [0.25, 0.3) is 0 Å². The monoisotopic (exact) mass is 292 g/mol. The Morgan fingerprint density at radius 1 is 1.69 bits per heavy atom. The van der Waals surface area contributed by atoms with Crippen molar-refractivity contribution in [3.8, 4) is 0 Å². The van der Waals surface area contributed by atoms with E-state index in [1.807, 2.05) is 6.92 Å². The Hall–Kier alpha value is -0.0900. The zero-order valence-corrected chi connectivity index (χ0v) is 11.9. The Kier molecular flexibility index (Phi) is 5.25. The molecule has 0 saturated carbocycles. The molecule has 1 rings (SSSR count). The van der Waals surface area contributed by atoms with Gasteiger partial charge < -0.3 is 9.47 Å². The van der Waals surface area contributed by atoms with E-state index in [4.69, 9.17) is 9.47 Å². The summed E-state index contributed by atoms with van der Waals surface area (Å²) >= 11 is 3.08.